The molecule has 0 heterocycles. The molecule has 3 N–H and O–H groups in total. The van der Waals surface area contributed by atoms with Gasteiger partial charge >= 0.3 is 5.97 Å². The summed E-state index contributed by atoms with van der Waals surface area (Å²) >= 11 is 0. The Labute approximate surface area is 106 Å². The number of rotatable bonds is 4. The standard InChI is InChI=1S/C13H16N2O3/c1-8-4-5-10(6-9(8)2)15-11(13(14)17)7-12(16)18-3/h4-7,15H,1-3H3,(H2,14,17)/b11-7-. The van der Waals surface area contributed by atoms with Gasteiger partial charge in [0.25, 0.3) is 5.91 Å². The van der Waals surface area contributed by atoms with Crippen LogP contribution in [0.25, 0.3) is 0 Å². The van der Waals surface area contributed by atoms with Crippen molar-refractivity contribution >= 4 is 17.6 Å². The van der Waals surface area contributed by atoms with Gasteiger partial charge in [0.15, 0.2) is 0 Å². The molecule has 1 rings (SSSR count). The van der Waals surface area contributed by atoms with Gasteiger partial charge in [-0.2, -0.15) is 0 Å². The summed E-state index contributed by atoms with van der Waals surface area (Å²) in [5, 5.41) is 2.80. The Hall–Kier alpha value is -2.30. The Balaban J connectivity index is 2.97. The predicted molar refractivity (Wildman–Crippen MR) is 68.8 cm³/mol. The summed E-state index contributed by atoms with van der Waals surface area (Å²) < 4.78 is 4.45. The first-order chi connectivity index (χ1) is 8.43. The lowest BCUT2D eigenvalue weighted by Crippen LogP contribution is -2.21. The van der Waals surface area contributed by atoms with Crippen molar-refractivity contribution in [2.45, 2.75) is 13.8 Å². The normalized spacial score (nSPS) is 10.9. The number of carbonyl (C=O) groups excluding carboxylic acids is 2. The van der Waals surface area contributed by atoms with Crippen LogP contribution in [0.4, 0.5) is 5.69 Å². The smallest absolute Gasteiger partial charge is 0.332 e. The van der Waals surface area contributed by atoms with Crippen LogP contribution in [0.5, 0.6) is 0 Å². The molecule has 0 aliphatic heterocycles. The van der Waals surface area contributed by atoms with Crippen molar-refractivity contribution in [3.8, 4) is 0 Å². The summed E-state index contributed by atoms with van der Waals surface area (Å²) in [4.78, 5) is 22.3. The molecular weight excluding hydrogens is 232 g/mol. The number of hydrogen-bond acceptors (Lipinski definition) is 4. The van der Waals surface area contributed by atoms with Gasteiger partial charge in [0.05, 0.1) is 13.2 Å². The Morgan fingerprint density at radius 3 is 2.44 bits per heavy atom. The molecule has 0 saturated heterocycles. The lowest BCUT2D eigenvalue weighted by Gasteiger charge is -2.09. The fourth-order valence-corrected chi connectivity index (χ4v) is 1.32. The van der Waals surface area contributed by atoms with Gasteiger partial charge in [-0.3, -0.25) is 4.79 Å². The van der Waals surface area contributed by atoms with E-state index in [4.69, 9.17) is 5.73 Å². The van der Waals surface area contributed by atoms with E-state index in [0.717, 1.165) is 17.2 Å². The molecule has 0 fully saturated rings. The second kappa shape index (κ2) is 5.86. The van der Waals surface area contributed by atoms with Crippen molar-refractivity contribution in [3.63, 3.8) is 0 Å². The first-order valence-corrected chi connectivity index (χ1v) is 5.37. The van der Waals surface area contributed by atoms with Crippen molar-refractivity contribution in [1.29, 1.82) is 0 Å². The number of primary amides is 1. The van der Waals surface area contributed by atoms with Gasteiger partial charge in [-0.25, -0.2) is 4.79 Å². The van der Waals surface area contributed by atoms with E-state index in [9.17, 15) is 9.59 Å². The van der Waals surface area contributed by atoms with Gasteiger partial charge in [0.2, 0.25) is 0 Å². The van der Waals surface area contributed by atoms with E-state index < -0.39 is 11.9 Å². The van der Waals surface area contributed by atoms with Crippen molar-refractivity contribution in [1.82, 2.24) is 0 Å². The zero-order valence-electron chi connectivity index (χ0n) is 10.6. The highest BCUT2D eigenvalue weighted by Gasteiger charge is 2.08. The van der Waals surface area contributed by atoms with Crippen LogP contribution in [0.1, 0.15) is 11.1 Å². The quantitative estimate of drug-likeness (QED) is 0.620. The monoisotopic (exact) mass is 248 g/mol. The van der Waals surface area contributed by atoms with E-state index >= 15 is 0 Å². The molecule has 1 aromatic carbocycles. The second-order valence-corrected chi connectivity index (χ2v) is 3.87. The Bertz CT molecular complexity index is 507. The van der Waals surface area contributed by atoms with Crippen LogP contribution >= 0.6 is 0 Å². The molecule has 18 heavy (non-hydrogen) atoms. The lowest BCUT2D eigenvalue weighted by atomic mass is 10.1. The zero-order valence-corrected chi connectivity index (χ0v) is 10.6. The average Bonchev–Trinajstić information content (AvgIpc) is 2.32. The molecule has 96 valence electrons. The van der Waals surface area contributed by atoms with E-state index in [2.05, 4.69) is 10.1 Å². The maximum atomic E-state index is 11.2. The number of ether oxygens (including phenoxy) is 1. The summed E-state index contributed by atoms with van der Waals surface area (Å²) in [5.74, 6) is -1.36. The molecule has 1 amide bonds. The van der Waals surface area contributed by atoms with Crippen LogP contribution in [0.2, 0.25) is 0 Å². The Morgan fingerprint density at radius 1 is 1.28 bits per heavy atom. The molecule has 0 bridgehead atoms. The van der Waals surface area contributed by atoms with Gasteiger partial charge in [-0.15, -0.1) is 0 Å². The molecule has 5 heteroatoms. The topological polar surface area (TPSA) is 81.4 Å². The number of hydrogen-bond donors (Lipinski definition) is 2. The minimum Gasteiger partial charge on any atom is -0.466 e. The largest absolute Gasteiger partial charge is 0.466 e. The molecule has 5 nitrogen and oxygen atoms in total. The summed E-state index contributed by atoms with van der Waals surface area (Å²) in [6, 6.07) is 5.58. The Morgan fingerprint density at radius 2 is 1.94 bits per heavy atom. The molecule has 0 unspecified atom stereocenters. The summed E-state index contributed by atoms with van der Waals surface area (Å²) in [5.41, 5.74) is 8.06. The van der Waals surface area contributed by atoms with Gasteiger partial charge < -0.3 is 15.8 Å². The van der Waals surface area contributed by atoms with Crippen LogP contribution in [-0.2, 0) is 14.3 Å². The Kier molecular flexibility index (Phi) is 4.48. The third-order valence-electron chi connectivity index (χ3n) is 2.51. The summed E-state index contributed by atoms with van der Waals surface area (Å²) in [6.45, 7) is 3.94. The maximum absolute atomic E-state index is 11.2. The van der Waals surface area contributed by atoms with Gasteiger partial charge in [-0.1, -0.05) is 6.07 Å². The molecule has 0 saturated carbocycles. The third-order valence-corrected chi connectivity index (χ3v) is 2.51. The fourth-order valence-electron chi connectivity index (χ4n) is 1.32. The number of methoxy groups -OCH3 is 1. The van der Waals surface area contributed by atoms with Crippen LogP contribution in [-0.4, -0.2) is 19.0 Å². The van der Waals surface area contributed by atoms with Gasteiger partial charge in [0.1, 0.15) is 5.70 Å². The van der Waals surface area contributed by atoms with Crippen molar-refractivity contribution in [3.05, 3.63) is 41.1 Å². The molecule has 0 aliphatic carbocycles. The minimum absolute atomic E-state index is 0.00916. The van der Waals surface area contributed by atoms with Crippen LogP contribution in [0, 0.1) is 13.8 Å². The van der Waals surface area contributed by atoms with Crippen molar-refractivity contribution in [2.24, 2.45) is 5.73 Å². The van der Waals surface area contributed by atoms with Crippen LogP contribution in [0.15, 0.2) is 30.0 Å². The highest BCUT2D eigenvalue weighted by atomic mass is 16.5. The predicted octanol–water partition coefficient (Wildman–Crippen LogP) is 1.26. The SMILES string of the molecule is COC(=O)/C=C(\Nc1ccc(C)c(C)c1)C(N)=O. The molecule has 1 aromatic rings. The highest BCUT2D eigenvalue weighted by molar-refractivity contribution is 6.00. The van der Waals surface area contributed by atoms with E-state index in [1.165, 1.54) is 7.11 Å². The molecule has 0 aromatic heterocycles. The molecular formula is C13H16N2O3. The number of esters is 1. The molecule has 0 spiro atoms. The van der Waals surface area contributed by atoms with Gasteiger partial charge in [-0.05, 0) is 37.1 Å². The number of anilines is 1. The first-order valence-electron chi connectivity index (χ1n) is 5.37. The van der Waals surface area contributed by atoms with Crippen LogP contribution < -0.4 is 11.1 Å². The van der Waals surface area contributed by atoms with Crippen LogP contribution in [0.3, 0.4) is 0 Å². The summed E-state index contributed by atoms with van der Waals surface area (Å²) in [7, 11) is 1.23. The van der Waals surface area contributed by atoms with E-state index in [1.807, 2.05) is 26.0 Å². The fraction of sp³-hybridized carbons (Fsp3) is 0.231. The van der Waals surface area contributed by atoms with E-state index in [-0.39, 0.29) is 5.70 Å². The summed E-state index contributed by atoms with van der Waals surface area (Å²) in [6.07, 6.45) is 1.03. The minimum atomic E-state index is -0.723. The lowest BCUT2D eigenvalue weighted by molar-refractivity contribution is -0.135. The van der Waals surface area contributed by atoms with Crippen molar-refractivity contribution in [2.75, 3.05) is 12.4 Å². The average molecular weight is 248 g/mol. The molecule has 0 atom stereocenters. The third kappa shape index (κ3) is 3.62. The van der Waals surface area contributed by atoms with Gasteiger partial charge in [0, 0.05) is 5.69 Å². The van der Waals surface area contributed by atoms with E-state index in [0.29, 0.717) is 5.69 Å². The highest BCUT2D eigenvalue weighted by Crippen LogP contribution is 2.15. The maximum Gasteiger partial charge on any atom is 0.332 e. The molecule has 0 radical (unpaired) electrons. The number of amides is 1. The van der Waals surface area contributed by atoms with E-state index in [1.54, 1.807) is 6.07 Å². The molecule has 0 aliphatic rings. The van der Waals surface area contributed by atoms with Crippen molar-refractivity contribution < 1.29 is 14.3 Å². The number of carbonyl (C=O) groups is 2. The number of aryl methyl sites for hydroxylation is 2. The zero-order chi connectivity index (χ0) is 13.7. The first kappa shape index (κ1) is 13.8. The number of nitrogens with one attached hydrogen (secondary N) is 1. The second-order valence-electron chi connectivity index (χ2n) is 3.87. The number of benzene rings is 1. The number of nitrogens with two attached hydrogens (primary N) is 1.